The molecule has 0 unspecified atom stereocenters. The van der Waals surface area contributed by atoms with Gasteiger partial charge in [0.05, 0.1) is 4.92 Å². The van der Waals surface area contributed by atoms with Crippen molar-refractivity contribution in [3.63, 3.8) is 0 Å². The Balaban J connectivity index is 1.34. The van der Waals surface area contributed by atoms with E-state index in [9.17, 15) is 14.9 Å². The molecule has 1 aromatic carbocycles. The Hall–Kier alpha value is -3.27. The van der Waals surface area contributed by atoms with Crippen LogP contribution in [0.2, 0.25) is 0 Å². The van der Waals surface area contributed by atoms with Gasteiger partial charge in [-0.3, -0.25) is 14.9 Å². The minimum atomic E-state index is -0.448. The summed E-state index contributed by atoms with van der Waals surface area (Å²) in [5.74, 6) is 0.769. The Morgan fingerprint density at radius 3 is 2.70 bits per heavy atom. The van der Waals surface area contributed by atoms with Gasteiger partial charge in [-0.25, -0.2) is 0 Å². The van der Waals surface area contributed by atoms with E-state index in [4.69, 9.17) is 4.42 Å². The maximum Gasteiger partial charge on any atom is 0.269 e. The number of carbonyl (C=O) groups excluding carboxylic acids is 1. The number of nitro benzene ring substituents is 1. The summed E-state index contributed by atoms with van der Waals surface area (Å²) in [6, 6.07) is 8.00. The van der Waals surface area contributed by atoms with Gasteiger partial charge in [-0.05, 0) is 23.6 Å². The first kappa shape index (κ1) is 18.5. The molecule has 0 fully saturated rings. The van der Waals surface area contributed by atoms with Crippen molar-refractivity contribution in [1.29, 1.82) is 0 Å². The highest BCUT2D eigenvalue weighted by molar-refractivity contribution is 7.08. The Kier molecular flexibility index (Phi) is 6.10. The van der Waals surface area contributed by atoms with Crippen LogP contribution in [0.4, 0.5) is 11.4 Å². The van der Waals surface area contributed by atoms with Crippen molar-refractivity contribution < 1.29 is 14.1 Å². The zero-order valence-corrected chi connectivity index (χ0v) is 15.1. The van der Waals surface area contributed by atoms with Crippen LogP contribution in [0.5, 0.6) is 0 Å². The van der Waals surface area contributed by atoms with E-state index < -0.39 is 4.92 Å². The molecule has 0 aliphatic heterocycles. The lowest BCUT2D eigenvalue weighted by Gasteiger charge is -2.07. The van der Waals surface area contributed by atoms with Gasteiger partial charge < -0.3 is 15.1 Å². The van der Waals surface area contributed by atoms with Crippen molar-refractivity contribution >= 4 is 28.6 Å². The number of carbonyl (C=O) groups is 1. The number of nitrogens with one attached hydrogen (secondary N) is 2. The first-order chi connectivity index (χ1) is 13.1. The second-order valence-electron chi connectivity index (χ2n) is 5.59. The number of nitrogens with zero attached hydrogens (tertiary/aromatic N) is 3. The summed E-state index contributed by atoms with van der Waals surface area (Å²) >= 11 is 1.55. The van der Waals surface area contributed by atoms with Gasteiger partial charge >= 0.3 is 0 Å². The average Bonchev–Trinajstić information content (AvgIpc) is 3.35. The summed E-state index contributed by atoms with van der Waals surface area (Å²) in [5, 5.41) is 28.2. The van der Waals surface area contributed by atoms with Gasteiger partial charge in [-0.15, -0.1) is 10.2 Å². The van der Waals surface area contributed by atoms with Crippen LogP contribution in [-0.4, -0.2) is 34.1 Å². The molecule has 0 saturated heterocycles. The number of hydrogen-bond acceptors (Lipinski definition) is 8. The maximum atomic E-state index is 11.9. The summed E-state index contributed by atoms with van der Waals surface area (Å²) in [5.41, 5.74) is 1.67. The van der Waals surface area contributed by atoms with E-state index in [1.807, 2.05) is 16.8 Å². The van der Waals surface area contributed by atoms with E-state index in [2.05, 4.69) is 20.8 Å². The fourth-order valence-electron chi connectivity index (χ4n) is 2.28. The molecule has 3 aromatic rings. The maximum absolute atomic E-state index is 11.9. The number of thiophene rings is 1. The molecule has 3 rings (SSSR count). The molecule has 0 atom stereocenters. The van der Waals surface area contributed by atoms with Gasteiger partial charge in [0.1, 0.15) is 0 Å². The largest absolute Gasteiger partial charge is 0.421 e. The predicted octanol–water partition coefficient (Wildman–Crippen LogP) is 2.87. The minimum Gasteiger partial charge on any atom is -0.421 e. The number of hydrogen-bond donors (Lipinski definition) is 2. The van der Waals surface area contributed by atoms with Crippen LogP contribution < -0.4 is 10.6 Å². The van der Waals surface area contributed by atoms with E-state index in [0.717, 1.165) is 11.3 Å². The topological polar surface area (TPSA) is 123 Å². The standard InChI is InChI=1S/C17H17N5O4S/c23-15(5-6-16-20-21-17(26-16)12-7-10-27-11-12)19-9-8-18-13-1-3-14(4-2-13)22(24)25/h1-4,7,10-11,18H,5-6,8-9H2,(H,19,23). The van der Waals surface area contributed by atoms with Crippen LogP contribution in [0.3, 0.4) is 0 Å². The fraction of sp³-hybridized carbons (Fsp3) is 0.235. The fourth-order valence-corrected chi connectivity index (χ4v) is 2.91. The Bertz CT molecular complexity index is 892. The first-order valence-electron chi connectivity index (χ1n) is 8.22. The van der Waals surface area contributed by atoms with Gasteiger partial charge in [0, 0.05) is 54.7 Å². The zero-order chi connectivity index (χ0) is 19.1. The summed E-state index contributed by atoms with van der Waals surface area (Å²) in [6.07, 6.45) is 0.627. The van der Waals surface area contributed by atoms with E-state index in [1.54, 1.807) is 23.5 Å². The van der Waals surface area contributed by atoms with Crippen LogP contribution in [0.15, 0.2) is 45.5 Å². The van der Waals surface area contributed by atoms with Crippen molar-refractivity contribution in [2.24, 2.45) is 0 Å². The molecule has 0 aliphatic rings. The number of aromatic nitrogens is 2. The molecule has 2 N–H and O–H groups in total. The lowest BCUT2D eigenvalue weighted by Crippen LogP contribution is -2.28. The van der Waals surface area contributed by atoms with Gasteiger partial charge in [0.2, 0.25) is 17.7 Å². The summed E-state index contributed by atoms with van der Waals surface area (Å²) < 4.78 is 5.53. The quantitative estimate of drug-likeness (QED) is 0.329. The lowest BCUT2D eigenvalue weighted by molar-refractivity contribution is -0.384. The van der Waals surface area contributed by atoms with Crippen molar-refractivity contribution in [3.8, 4) is 11.5 Å². The highest BCUT2D eigenvalue weighted by Gasteiger charge is 2.10. The molecule has 1 amide bonds. The van der Waals surface area contributed by atoms with Crippen LogP contribution in [0, 0.1) is 10.1 Å². The smallest absolute Gasteiger partial charge is 0.269 e. The van der Waals surface area contributed by atoms with Crippen molar-refractivity contribution in [2.45, 2.75) is 12.8 Å². The third kappa shape index (κ3) is 5.35. The van der Waals surface area contributed by atoms with Crippen LogP contribution >= 0.6 is 11.3 Å². The molecular weight excluding hydrogens is 370 g/mol. The molecular formula is C17H17N5O4S. The van der Waals surface area contributed by atoms with Gasteiger partial charge in [0.25, 0.3) is 5.69 Å². The van der Waals surface area contributed by atoms with Crippen LogP contribution in [0.1, 0.15) is 12.3 Å². The number of benzene rings is 1. The number of amides is 1. The predicted molar refractivity (Wildman–Crippen MR) is 101 cm³/mol. The molecule has 0 radical (unpaired) electrons. The first-order valence-corrected chi connectivity index (χ1v) is 9.16. The molecule has 2 heterocycles. The van der Waals surface area contributed by atoms with Crippen LogP contribution in [0.25, 0.3) is 11.5 Å². The zero-order valence-electron chi connectivity index (χ0n) is 14.3. The monoisotopic (exact) mass is 387 g/mol. The highest BCUT2D eigenvalue weighted by atomic mass is 32.1. The third-order valence-electron chi connectivity index (χ3n) is 3.66. The Labute approximate surface area is 158 Å². The molecule has 0 bridgehead atoms. The molecule has 9 nitrogen and oxygen atoms in total. The Morgan fingerprint density at radius 1 is 1.19 bits per heavy atom. The molecule has 0 aliphatic carbocycles. The number of anilines is 1. The van der Waals surface area contributed by atoms with Gasteiger partial charge in [-0.1, -0.05) is 0 Å². The molecule has 27 heavy (non-hydrogen) atoms. The normalized spacial score (nSPS) is 10.5. The number of nitro groups is 1. The minimum absolute atomic E-state index is 0.0389. The third-order valence-corrected chi connectivity index (χ3v) is 4.34. The molecule has 2 aromatic heterocycles. The highest BCUT2D eigenvalue weighted by Crippen LogP contribution is 2.20. The lowest BCUT2D eigenvalue weighted by atomic mass is 10.3. The summed E-state index contributed by atoms with van der Waals surface area (Å²) in [4.78, 5) is 22.0. The van der Waals surface area contributed by atoms with E-state index in [0.29, 0.717) is 31.3 Å². The summed E-state index contributed by atoms with van der Waals surface area (Å²) in [6.45, 7) is 0.937. The molecule has 10 heteroatoms. The molecule has 140 valence electrons. The van der Waals surface area contributed by atoms with Crippen LogP contribution in [-0.2, 0) is 11.2 Å². The van der Waals surface area contributed by atoms with Gasteiger partial charge in [-0.2, -0.15) is 11.3 Å². The van der Waals surface area contributed by atoms with Crippen molar-refractivity contribution in [2.75, 3.05) is 18.4 Å². The van der Waals surface area contributed by atoms with Gasteiger partial charge in [0.15, 0.2) is 0 Å². The van der Waals surface area contributed by atoms with Crippen molar-refractivity contribution in [3.05, 3.63) is 57.1 Å². The Morgan fingerprint density at radius 2 is 2.00 bits per heavy atom. The SMILES string of the molecule is O=C(CCc1nnc(-c2ccsc2)o1)NCCNc1ccc([N+](=O)[O-])cc1. The number of non-ortho nitro benzene ring substituents is 1. The number of rotatable bonds is 9. The van der Waals surface area contributed by atoms with Crippen molar-refractivity contribution in [1.82, 2.24) is 15.5 Å². The van der Waals surface area contributed by atoms with E-state index >= 15 is 0 Å². The average molecular weight is 387 g/mol. The molecule has 0 saturated carbocycles. The van der Waals surface area contributed by atoms with E-state index in [-0.39, 0.29) is 18.0 Å². The number of aryl methyl sites for hydroxylation is 1. The summed E-state index contributed by atoms with van der Waals surface area (Å²) in [7, 11) is 0. The second kappa shape index (κ2) is 8.90. The second-order valence-corrected chi connectivity index (χ2v) is 6.37. The van der Waals surface area contributed by atoms with E-state index in [1.165, 1.54) is 12.1 Å². The molecule has 0 spiro atoms.